The molecule has 0 aromatic heterocycles. The van der Waals surface area contributed by atoms with Gasteiger partial charge in [0.15, 0.2) is 0 Å². The summed E-state index contributed by atoms with van der Waals surface area (Å²) in [7, 11) is -2.22. The molecule has 0 heterocycles. The maximum Gasteiger partial charge on any atom is 0.276 e. The lowest BCUT2D eigenvalue weighted by Gasteiger charge is -2.13. The van der Waals surface area contributed by atoms with E-state index >= 15 is 0 Å². The molecule has 0 amide bonds. The van der Waals surface area contributed by atoms with Gasteiger partial charge in [-0.1, -0.05) is 15.9 Å². The van der Waals surface area contributed by atoms with Gasteiger partial charge in [0.05, 0.1) is 0 Å². The zero-order valence-corrected chi connectivity index (χ0v) is 11.2. The molecule has 0 aliphatic carbocycles. The van der Waals surface area contributed by atoms with E-state index < -0.39 is 10.2 Å². The molecule has 16 heavy (non-hydrogen) atoms. The zero-order valence-electron chi connectivity index (χ0n) is 8.76. The van der Waals surface area contributed by atoms with Gasteiger partial charge in [0.1, 0.15) is 12.4 Å². The first-order valence-corrected chi connectivity index (χ1v) is 6.81. The molecule has 0 unspecified atom stereocenters. The van der Waals surface area contributed by atoms with Crippen LogP contribution < -0.4 is 9.88 Å². The van der Waals surface area contributed by atoms with Gasteiger partial charge in [-0.15, -0.1) is 0 Å². The van der Waals surface area contributed by atoms with Crippen molar-refractivity contribution in [2.75, 3.05) is 20.2 Å². The van der Waals surface area contributed by atoms with Crippen LogP contribution in [0.4, 0.5) is 0 Å². The SMILES string of the molecule is CN(CCOc1ccc(Br)cc1)S(N)(=O)=O. The fourth-order valence-corrected chi connectivity index (χ4v) is 1.54. The molecule has 0 saturated carbocycles. The predicted molar refractivity (Wildman–Crippen MR) is 65.4 cm³/mol. The molecule has 0 spiro atoms. The molecule has 0 fully saturated rings. The van der Waals surface area contributed by atoms with Gasteiger partial charge in [-0.25, -0.2) is 5.14 Å². The summed E-state index contributed by atoms with van der Waals surface area (Å²) in [5.74, 6) is 0.686. The number of nitrogens with two attached hydrogens (primary N) is 1. The Morgan fingerprint density at radius 1 is 1.38 bits per heavy atom. The Morgan fingerprint density at radius 2 is 1.94 bits per heavy atom. The first kappa shape index (κ1) is 13.4. The fourth-order valence-electron chi connectivity index (χ4n) is 0.950. The Hall–Kier alpha value is -0.630. The number of benzene rings is 1. The highest BCUT2D eigenvalue weighted by molar-refractivity contribution is 9.10. The first-order chi connectivity index (χ1) is 7.39. The summed E-state index contributed by atoms with van der Waals surface area (Å²) in [6, 6.07) is 7.28. The van der Waals surface area contributed by atoms with Crippen molar-refractivity contribution in [3.05, 3.63) is 28.7 Å². The Kier molecular flexibility index (Phi) is 4.72. The van der Waals surface area contributed by atoms with E-state index in [-0.39, 0.29) is 13.2 Å². The smallest absolute Gasteiger partial charge is 0.276 e. The van der Waals surface area contributed by atoms with E-state index in [1.54, 1.807) is 12.1 Å². The fraction of sp³-hybridized carbons (Fsp3) is 0.333. The average Bonchev–Trinajstić information content (AvgIpc) is 2.19. The summed E-state index contributed by atoms with van der Waals surface area (Å²) < 4.78 is 29.1. The number of hydrogen-bond acceptors (Lipinski definition) is 3. The third-order valence-electron chi connectivity index (χ3n) is 1.92. The van der Waals surface area contributed by atoms with Crippen LogP contribution in [0.1, 0.15) is 0 Å². The first-order valence-electron chi connectivity index (χ1n) is 4.52. The van der Waals surface area contributed by atoms with E-state index in [4.69, 9.17) is 9.88 Å². The van der Waals surface area contributed by atoms with Gasteiger partial charge in [0.25, 0.3) is 10.2 Å². The van der Waals surface area contributed by atoms with Gasteiger partial charge < -0.3 is 4.74 Å². The zero-order chi connectivity index (χ0) is 12.2. The van der Waals surface area contributed by atoms with E-state index in [9.17, 15) is 8.42 Å². The highest BCUT2D eigenvalue weighted by atomic mass is 79.9. The normalized spacial score (nSPS) is 11.8. The van der Waals surface area contributed by atoms with Crippen molar-refractivity contribution in [3.8, 4) is 5.75 Å². The van der Waals surface area contributed by atoms with E-state index in [1.165, 1.54) is 7.05 Å². The molecule has 0 aliphatic heterocycles. The molecule has 1 rings (SSSR count). The van der Waals surface area contributed by atoms with Crippen LogP contribution in [0.2, 0.25) is 0 Å². The van der Waals surface area contributed by atoms with Crippen molar-refractivity contribution >= 4 is 26.1 Å². The molecule has 0 radical (unpaired) electrons. The van der Waals surface area contributed by atoms with E-state index in [1.807, 2.05) is 12.1 Å². The highest BCUT2D eigenvalue weighted by Crippen LogP contribution is 2.15. The van der Waals surface area contributed by atoms with Crippen LogP contribution in [0.15, 0.2) is 28.7 Å². The molecule has 0 bridgehead atoms. The van der Waals surface area contributed by atoms with Crippen molar-refractivity contribution in [2.45, 2.75) is 0 Å². The molecule has 1 aromatic rings. The molecule has 5 nitrogen and oxygen atoms in total. The number of rotatable bonds is 5. The van der Waals surface area contributed by atoms with Gasteiger partial charge in [0, 0.05) is 18.1 Å². The van der Waals surface area contributed by atoms with Gasteiger partial charge in [-0.3, -0.25) is 0 Å². The van der Waals surface area contributed by atoms with Crippen LogP contribution in [0.25, 0.3) is 0 Å². The number of ether oxygens (including phenoxy) is 1. The highest BCUT2D eigenvalue weighted by Gasteiger charge is 2.10. The second kappa shape index (κ2) is 5.62. The monoisotopic (exact) mass is 308 g/mol. The van der Waals surface area contributed by atoms with Gasteiger partial charge >= 0.3 is 0 Å². The van der Waals surface area contributed by atoms with Crippen LogP contribution in [0.3, 0.4) is 0 Å². The summed E-state index contributed by atoms with van der Waals surface area (Å²) in [5.41, 5.74) is 0. The molecular formula is C9H13BrN2O3S. The van der Waals surface area contributed by atoms with Crippen LogP contribution in [0, 0.1) is 0 Å². The van der Waals surface area contributed by atoms with E-state index in [2.05, 4.69) is 15.9 Å². The topological polar surface area (TPSA) is 72.6 Å². The average molecular weight is 309 g/mol. The standard InChI is InChI=1S/C9H13BrN2O3S/c1-12(16(11,13)14)6-7-15-9-4-2-8(10)3-5-9/h2-5H,6-7H2,1H3,(H2,11,13,14). The lowest BCUT2D eigenvalue weighted by Crippen LogP contribution is -2.36. The Labute approximate surface area is 104 Å². The quantitative estimate of drug-likeness (QED) is 0.880. The minimum Gasteiger partial charge on any atom is -0.492 e. The largest absolute Gasteiger partial charge is 0.492 e. The molecule has 0 saturated heterocycles. The van der Waals surface area contributed by atoms with Gasteiger partial charge in [-0.05, 0) is 24.3 Å². The third-order valence-corrected chi connectivity index (χ3v) is 3.50. The Balaban J connectivity index is 2.39. The Bertz CT molecular complexity index is 433. The molecule has 0 atom stereocenters. The van der Waals surface area contributed by atoms with Crippen molar-refractivity contribution in [1.29, 1.82) is 0 Å². The molecule has 0 aliphatic rings. The van der Waals surface area contributed by atoms with Crippen molar-refractivity contribution in [2.24, 2.45) is 5.14 Å². The maximum atomic E-state index is 10.9. The van der Waals surface area contributed by atoms with Gasteiger partial charge in [-0.2, -0.15) is 12.7 Å². The number of hydrogen-bond donors (Lipinski definition) is 1. The molecule has 2 N–H and O–H groups in total. The number of likely N-dealkylation sites (N-methyl/N-ethyl adjacent to an activating group) is 1. The summed E-state index contributed by atoms with van der Waals surface area (Å²) in [5, 5.41) is 4.91. The third kappa shape index (κ3) is 4.48. The molecule has 7 heteroatoms. The van der Waals surface area contributed by atoms with Crippen LogP contribution in [-0.2, 0) is 10.2 Å². The van der Waals surface area contributed by atoms with Crippen LogP contribution in [-0.4, -0.2) is 32.9 Å². The van der Waals surface area contributed by atoms with E-state index in [0.717, 1.165) is 8.78 Å². The van der Waals surface area contributed by atoms with Crippen LogP contribution in [0.5, 0.6) is 5.75 Å². The minimum atomic E-state index is -3.62. The molecule has 90 valence electrons. The number of halogens is 1. The van der Waals surface area contributed by atoms with E-state index in [0.29, 0.717) is 5.75 Å². The summed E-state index contributed by atoms with van der Waals surface area (Å²) in [6.45, 7) is 0.476. The lowest BCUT2D eigenvalue weighted by atomic mass is 10.3. The van der Waals surface area contributed by atoms with Crippen molar-refractivity contribution in [1.82, 2.24) is 4.31 Å². The van der Waals surface area contributed by atoms with Crippen molar-refractivity contribution in [3.63, 3.8) is 0 Å². The second-order valence-corrected chi connectivity index (χ2v) is 5.74. The maximum absolute atomic E-state index is 10.9. The Morgan fingerprint density at radius 3 is 2.44 bits per heavy atom. The predicted octanol–water partition coefficient (Wildman–Crippen LogP) is 0.963. The van der Waals surface area contributed by atoms with Gasteiger partial charge in [0.2, 0.25) is 0 Å². The summed E-state index contributed by atoms with van der Waals surface area (Å²) in [4.78, 5) is 0. The lowest BCUT2D eigenvalue weighted by molar-refractivity contribution is 0.287. The molecule has 1 aromatic carbocycles. The van der Waals surface area contributed by atoms with Crippen molar-refractivity contribution < 1.29 is 13.2 Å². The second-order valence-electron chi connectivity index (χ2n) is 3.17. The minimum absolute atomic E-state index is 0.217. The molecular weight excluding hydrogens is 296 g/mol. The number of nitrogens with zero attached hydrogens (tertiary/aromatic N) is 1. The summed E-state index contributed by atoms with van der Waals surface area (Å²) >= 11 is 3.30. The van der Waals surface area contributed by atoms with Crippen LogP contribution >= 0.6 is 15.9 Å². The summed E-state index contributed by atoms with van der Waals surface area (Å²) in [6.07, 6.45) is 0.